The van der Waals surface area contributed by atoms with Crippen molar-refractivity contribution in [2.75, 3.05) is 14.2 Å². The van der Waals surface area contributed by atoms with Crippen LogP contribution < -0.4 is 20.7 Å². The number of benzene rings is 3. The molecule has 0 saturated carbocycles. The smallest absolute Gasteiger partial charge is 0.330 e. The fourth-order valence-electron chi connectivity index (χ4n) is 5.64. The van der Waals surface area contributed by atoms with E-state index < -0.39 is 41.2 Å². The van der Waals surface area contributed by atoms with Gasteiger partial charge < -0.3 is 24.4 Å². The van der Waals surface area contributed by atoms with Gasteiger partial charge in [0.15, 0.2) is 0 Å². The Kier molecular flexibility index (Phi) is 8.13. The molecule has 3 aromatic carbocycles. The molecule has 0 amide bonds. The Bertz CT molecular complexity index is 1560. The van der Waals surface area contributed by atoms with Crippen molar-refractivity contribution >= 4 is 22.6 Å². The van der Waals surface area contributed by atoms with Gasteiger partial charge >= 0.3 is 5.69 Å². The van der Waals surface area contributed by atoms with E-state index in [1.165, 1.54) is 10.8 Å². The minimum atomic E-state index is -1.39. The number of nitrogens with zero attached hydrogens (tertiary/aromatic N) is 1. The van der Waals surface area contributed by atoms with Crippen molar-refractivity contribution in [2.24, 2.45) is 0 Å². The molecule has 1 saturated heterocycles. The van der Waals surface area contributed by atoms with Crippen molar-refractivity contribution in [1.29, 1.82) is 0 Å². The molecule has 5 rings (SSSR count). The third kappa shape index (κ3) is 4.74. The van der Waals surface area contributed by atoms with E-state index in [2.05, 4.69) is 4.98 Å². The lowest BCUT2D eigenvalue weighted by Crippen LogP contribution is -2.51. The quantitative estimate of drug-likeness (QED) is 0.197. The lowest BCUT2D eigenvalue weighted by atomic mass is 9.63. The molecule has 3 N–H and O–H groups in total. The van der Waals surface area contributed by atoms with Crippen LogP contribution >= 0.6 is 22.6 Å². The molecule has 1 aliphatic rings. The number of rotatable bonds is 8. The number of hydrogen-bond donors (Lipinski definition) is 3. The highest BCUT2D eigenvalue weighted by Crippen LogP contribution is 2.51. The van der Waals surface area contributed by atoms with Crippen molar-refractivity contribution in [3.63, 3.8) is 0 Å². The van der Waals surface area contributed by atoms with Crippen molar-refractivity contribution in [2.45, 2.75) is 36.4 Å². The maximum Gasteiger partial charge on any atom is 0.330 e. The van der Waals surface area contributed by atoms with Crippen LogP contribution in [0.5, 0.6) is 11.5 Å². The average molecular weight is 656 g/mol. The molecule has 1 fully saturated rings. The lowest BCUT2D eigenvalue weighted by Gasteiger charge is -2.43. The van der Waals surface area contributed by atoms with Gasteiger partial charge in [-0.2, -0.15) is 0 Å². The van der Waals surface area contributed by atoms with E-state index >= 15 is 0 Å². The summed E-state index contributed by atoms with van der Waals surface area (Å²) in [5, 5.41) is 23.8. The number of nitrogens with one attached hydrogen (secondary N) is 1. The van der Waals surface area contributed by atoms with Crippen molar-refractivity contribution in [3.8, 4) is 11.5 Å². The van der Waals surface area contributed by atoms with Gasteiger partial charge in [0.05, 0.1) is 29.3 Å². The largest absolute Gasteiger partial charge is 0.496 e. The first kappa shape index (κ1) is 28.1. The first-order valence-electron chi connectivity index (χ1n) is 12.7. The van der Waals surface area contributed by atoms with Crippen LogP contribution in [0.2, 0.25) is 0 Å². The van der Waals surface area contributed by atoms with Gasteiger partial charge in [-0.25, -0.2) is 4.79 Å². The Morgan fingerprint density at radius 3 is 2.08 bits per heavy atom. The number of ether oxygens (including phenoxy) is 3. The topological polar surface area (TPSA) is 123 Å². The Labute approximate surface area is 244 Å². The van der Waals surface area contributed by atoms with Gasteiger partial charge in [0.2, 0.25) is 0 Å². The predicted octanol–water partition coefficient (Wildman–Crippen LogP) is 3.20. The number of H-pyrrole nitrogens is 1. The maximum absolute atomic E-state index is 12.6. The van der Waals surface area contributed by atoms with Gasteiger partial charge in [0.25, 0.3) is 5.56 Å². The molecule has 0 aliphatic carbocycles. The van der Waals surface area contributed by atoms with E-state index in [0.717, 1.165) is 0 Å². The normalized spacial score (nSPS) is 19.8. The molecule has 2 heterocycles. The number of halogens is 1. The molecule has 4 aromatic rings. The summed E-state index contributed by atoms with van der Waals surface area (Å²) >= 11 is 1.83. The zero-order chi connectivity index (χ0) is 28.4. The molecule has 0 radical (unpaired) electrons. The highest BCUT2D eigenvalue weighted by Gasteiger charge is 2.54. The molecular weight excluding hydrogens is 627 g/mol. The molecule has 9 nitrogen and oxygen atoms in total. The van der Waals surface area contributed by atoms with Crippen molar-refractivity contribution in [3.05, 3.63) is 126 Å². The van der Waals surface area contributed by atoms with Crippen LogP contribution in [0.4, 0.5) is 0 Å². The summed E-state index contributed by atoms with van der Waals surface area (Å²) in [5.74, 6) is 1.04. The van der Waals surface area contributed by atoms with Crippen molar-refractivity contribution < 1.29 is 24.4 Å². The van der Waals surface area contributed by atoms with E-state index in [9.17, 15) is 19.8 Å². The first-order valence-corrected chi connectivity index (χ1v) is 13.8. The second kappa shape index (κ2) is 11.6. The van der Waals surface area contributed by atoms with Crippen LogP contribution in [0.25, 0.3) is 0 Å². The van der Waals surface area contributed by atoms with Gasteiger partial charge in [-0.05, 0) is 40.3 Å². The van der Waals surface area contributed by atoms with Gasteiger partial charge in [-0.1, -0.05) is 66.7 Å². The molecule has 1 aromatic heterocycles. The summed E-state index contributed by atoms with van der Waals surface area (Å²) in [6.07, 6.45) is -3.19. The Morgan fingerprint density at radius 1 is 0.950 bits per heavy atom. The summed E-state index contributed by atoms with van der Waals surface area (Å²) in [6.45, 7) is 0. The van der Waals surface area contributed by atoms with Gasteiger partial charge in [0, 0.05) is 23.7 Å². The first-order chi connectivity index (χ1) is 19.3. The number of aliphatic hydroxyl groups excluding tert-OH is 2. The molecule has 208 valence electrons. The minimum Gasteiger partial charge on any atom is -0.496 e. The molecule has 0 spiro atoms. The minimum absolute atomic E-state index is 0.0203. The molecule has 4 atom stereocenters. The van der Waals surface area contributed by atoms with E-state index in [4.69, 9.17) is 14.2 Å². The average Bonchev–Trinajstić information content (AvgIpc) is 3.37. The standard InChI is InChI=1S/C30H29IN2O7/c1-38-23-14-8-6-12-19(23)30(18-10-4-3-5-11-18,20-13-7-9-15-24(20)39-2)27(35)26-22(34)16-25(40-26)33-17-21(31)28(36)32-29(33)37/h3-15,17,22,25-27,34-35H,16H2,1-2H3,(H,32,36,37)/t22-,25+,26-,27?/m0/s1. The molecular formula is C30H29IN2O7. The molecule has 10 heteroatoms. The highest BCUT2D eigenvalue weighted by atomic mass is 127. The van der Waals surface area contributed by atoms with Gasteiger partial charge in [-0.3, -0.25) is 14.3 Å². The number of para-hydroxylation sites is 2. The third-order valence-corrected chi connectivity index (χ3v) is 8.19. The van der Waals surface area contributed by atoms with Gasteiger partial charge in [-0.15, -0.1) is 0 Å². The van der Waals surface area contributed by atoms with E-state index in [-0.39, 0.29) is 6.42 Å². The summed E-state index contributed by atoms with van der Waals surface area (Å²) in [5.41, 5.74) is -0.530. The predicted molar refractivity (Wildman–Crippen MR) is 157 cm³/mol. The fourth-order valence-corrected chi connectivity index (χ4v) is 6.08. The maximum atomic E-state index is 12.6. The Balaban J connectivity index is 1.75. The van der Waals surface area contributed by atoms with Gasteiger partial charge in [0.1, 0.15) is 29.9 Å². The zero-order valence-electron chi connectivity index (χ0n) is 21.9. The number of aromatic amines is 1. The third-order valence-electron chi connectivity index (χ3n) is 7.42. The molecule has 1 aliphatic heterocycles. The number of aromatic nitrogens is 2. The van der Waals surface area contributed by atoms with Crippen molar-refractivity contribution in [1.82, 2.24) is 9.55 Å². The van der Waals surface area contributed by atoms with Crippen LogP contribution in [0, 0.1) is 3.57 Å². The number of hydrogen-bond acceptors (Lipinski definition) is 7. The lowest BCUT2D eigenvalue weighted by molar-refractivity contribution is -0.0980. The summed E-state index contributed by atoms with van der Waals surface area (Å²) in [6, 6.07) is 24.2. The number of methoxy groups -OCH3 is 2. The second-order valence-electron chi connectivity index (χ2n) is 9.52. The van der Waals surface area contributed by atoms with Crippen LogP contribution in [0.15, 0.2) is 94.6 Å². The highest BCUT2D eigenvalue weighted by molar-refractivity contribution is 14.1. The molecule has 0 bridgehead atoms. The summed E-state index contributed by atoms with van der Waals surface area (Å²) in [7, 11) is 3.12. The summed E-state index contributed by atoms with van der Waals surface area (Å²) in [4.78, 5) is 26.8. The second-order valence-corrected chi connectivity index (χ2v) is 10.7. The van der Waals surface area contributed by atoms with Crippen LogP contribution in [0.1, 0.15) is 29.3 Å². The fraction of sp³-hybridized carbons (Fsp3) is 0.267. The van der Waals surface area contributed by atoms with Crippen LogP contribution in [0.3, 0.4) is 0 Å². The van der Waals surface area contributed by atoms with E-state index in [1.807, 2.05) is 101 Å². The monoisotopic (exact) mass is 656 g/mol. The Hall–Kier alpha value is -3.45. The Morgan fingerprint density at radius 2 is 1.50 bits per heavy atom. The number of aliphatic hydroxyl groups is 2. The summed E-state index contributed by atoms with van der Waals surface area (Å²) < 4.78 is 19.4. The van der Waals surface area contributed by atoms with Crippen LogP contribution in [-0.4, -0.2) is 52.3 Å². The SMILES string of the molecule is COc1ccccc1C(c1ccccc1)(c1ccccc1OC)C(O)[C@H]1O[C@@H](n2cc(I)c(=O)[nH]c2=O)C[C@@H]1O. The van der Waals surface area contributed by atoms with E-state index in [0.29, 0.717) is 31.8 Å². The van der Waals surface area contributed by atoms with Crippen LogP contribution in [-0.2, 0) is 10.2 Å². The molecule has 1 unspecified atom stereocenters. The molecule has 40 heavy (non-hydrogen) atoms. The zero-order valence-corrected chi connectivity index (χ0v) is 24.0. The van der Waals surface area contributed by atoms with E-state index in [1.54, 1.807) is 14.2 Å².